The van der Waals surface area contributed by atoms with Crippen LogP contribution in [-0.2, 0) is 0 Å². The fraction of sp³-hybridized carbons (Fsp3) is 0.647. The quantitative estimate of drug-likeness (QED) is 0.919. The van der Waals surface area contributed by atoms with Gasteiger partial charge >= 0.3 is 0 Å². The number of nitrogens with zero attached hydrogens (tertiary/aromatic N) is 2. The van der Waals surface area contributed by atoms with Gasteiger partial charge in [0, 0.05) is 37.8 Å². The molecular weight excluding hydrogens is 248 g/mol. The van der Waals surface area contributed by atoms with Crippen molar-refractivity contribution in [1.29, 1.82) is 0 Å². The SMILES string of the molecule is CC(C(O)c1ccccc1)N1CCN(C(C)(C)C)CC1. The van der Waals surface area contributed by atoms with E-state index in [0.29, 0.717) is 0 Å². The molecule has 2 atom stereocenters. The molecule has 1 aliphatic rings. The van der Waals surface area contributed by atoms with Crippen molar-refractivity contribution in [3.05, 3.63) is 35.9 Å². The molecule has 1 N–H and O–H groups in total. The van der Waals surface area contributed by atoms with Crippen LogP contribution >= 0.6 is 0 Å². The molecule has 0 radical (unpaired) electrons. The van der Waals surface area contributed by atoms with Crippen LogP contribution in [0.25, 0.3) is 0 Å². The van der Waals surface area contributed by atoms with Crippen molar-refractivity contribution in [2.75, 3.05) is 26.2 Å². The van der Waals surface area contributed by atoms with E-state index < -0.39 is 6.10 Å². The van der Waals surface area contributed by atoms with Gasteiger partial charge in [0.25, 0.3) is 0 Å². The van der Waals surface area contributed by atoms with E-state index in [0.717, 1.165) is 31.7 Å². The second kappa shape index (κ2) is 6.25. The molecule has 3 nitrogen and oxygen atoms in total. The summed E-state index contributed by atoms with van der Waals surface area (Å²) in [6.07, 6.45) is -0.405. The Kier molecular flexibility index (Phi) is 4.84. The van der Waals surface area contributed by atoms with Crippen molar-refractivity contribution in [2.24, 2.45) is 0 Å². The molecule has 112 valence electrons. The van der Waals surface area contributed by atoms with Crippen LogP contribution in [0.5, 0.6) is 0 Å². The van der Waals surface area contributed by atoms with Gasteiger partial charge < -0.3 is 5.11 Å². The van der Waals surface area contributed by atoms with Gasteiger partial charge in [0.1, 0.15) is 0 Å². The number of hydrogen-bond donors (Lipinski definition) is 1. The Labute approximate surface area is 123 Å². The number of rotatable bonds is 3. The molecule has 1 heterocycles. The Morgan fingerprint density at radius 3 is 2.05 bits per heavy atom. The van der Waals surface area contributed by atoms with Crippen molar-refractivity contribution in [2.45, 2.75) is 45.4 Å². The highest BCUT2D eigenvalue weighted by Gasteiger charge is 2.30. The van der Waals surface area contributed by atoms with Crippen molar-refractivity contribution >= 4 is 0 Å². The van der Waals surface area contributed by atoms with Gasteiger partial charge in [0.2, 0.25) is 0 Å². The number of aliphatic hydroxyl groups is 1. The van der Waals surface area contributed by atoms with Crippen molar-refractivity contribution in [1.82, 2.24) is 9.80 Å². The van der Waals surface area contributed by atoms with E-state index in [1.165, 1.54) is 0 Å². The Balaban J connectivity index is 1.93. The molecule has 1 aromatic carbocycles. The fourth-order valence-electron chi connectivity index (χ4n) is 2.93. The Hall–Kier alpha value is -0.900. The summed E-state index contributed by atoms with van der Waals surface area (Å²) in [4.78, 5) is 4.92. The highest BCUT2D eigenvalue weighted by molar-refractivity contribution is 5.18. The van der Waals surface area contributed by atoms with Gasteiger partial charge in [-0.05, 0) is 33.3 Å². The summed E-state index contributed by atoms with van der Waals surface area (Å²) in [5.41, 5.74) is 1.26. The van der Waals surface area contributed by atoms with Gasteiger partial charge in [-0.25, -0.2) is 0 Å². The zero-order valence-corrected chi connectivity index (χ0v) is 13.2. The minimum atomic E-state index is -0.405. The molecule has 2 rings (SSSR count). The Morgan fingerprint density at radius 1 is 1.00 bits per heavy atom. The van der Waals surface area contributed by atoms with Gasteiger partial charge in [-0.1, -0.05) is 30.3 Å². The number of hydrogen-bond acceptors (Lipinski definition) is 3. The first kappa shape index (κ1) is 15.5. The summed E-state index contributed by atoms with van der Waals surface area (Å²) in [5, 5.41) is 10.5. The largest absolute Gasteiger partial charge is 0.387 e. The predicted octanol–water partition coefficient (Wildman–Crippen LogP) is 2.52. The third-order valence-electron chi connectivity index (χ3n) is 4.44. The Morgan fingerprint density at radius 2 is 1.55 bits per heavy atom. The van der Waals surface area contributed by atoms with E-state index in [1.807, 2.05) is 30.3 Å². The molecule has 1 fully saturated rings. The van der Waals surface area contributed by atoms with Crippen LogP contribution in [0.4, 0.5) is 0 Å². The summed E-state index contributed by atoms with van der Waals surface area (Å²) < 4.78 is 0. The maximum absolute atomic E-state index is 10.5. The molecule has 0 bridgehead atoms. The van der Waals surface area contributed by atoms with E-state index >= 15 is 0 Å². The lowest BCUT2D eigenvalue weighted by atomic mass is 10.0. The topological polar surface area (TPSA) is 26.7 Å². The van der Waals surface area contributed by atoms with Crippen LogP contribution in [0.3, 0.4) is 0 Å². The molecule has 3 heteroatoms. The van der Waals surface area contributed by atoms with Crippen LogP contribution < -0.4 is 0 Å². The third-order valence-corrected chi connectivity index (χ3v) is 4.44. The first-order valence-electron chi connectivity index (χ1n) is 7.61. The van der Waals surface area contributed by atoms with Crippen molar-refractivity contribution in [3.8, 4) is 0 Å². The number of aliphatic hydroxyl groups excluding tert-OH is 1. The van der Waals surface area contributed by atoms with Crippen molar-refractivity contribution < 1.29 is 5.11 Å². The van der Waals surface area contributed by atoms with Crippen LogP contribution in [0, 0.1) is 0 Å². The smallest absolute Gasteiger partial charge is 0.0942 e. The van der Waals surface area contributed by atoms with Crippen LogP contribution in [0.1, 0.15) is 39.4 Å². The molecule has 1 aliphatic heterocycles. The standard InChI is InChI=1S/C17H28N2O/c1-14(16(20)15-8-6-5-7-9-15)18-10-12-19(13-11-18)17(2,3)4/h5-9,14,16,20H,10-13H2,1-4H3. The molecule has 1 saturated heterocycles. The third kappa shape index (κ3) is 3.60. The van der Waals surface area contributed by atoms with E-state index in [-0.39, 0.29) is 11.6 Å². The van der Waals surface area contributed by atoms with E-state index in [4.69, 9.17) is 0 Å². The van der Waals surface area contributed by atoms with Crippen LogP contribution in [0.2, 0.25) is 0 Å². The molecule has 1 aromatic rings. The summed E-state index contributed by atoms with van der Waals surface area (Å²) in [7, 11) is 0. The van der Waals surface area contributed by atoms with Gasteiger partial charge in [0.05, 0.1) is 6.10 Å². The summed E-state index contributed by atoms with van der Waals surface area (Å²) in [5.74, 6) is 0. The highest BCUT2D eigenvalue weighted by Crippen LogP contribution is 2.23. The van der Waals surface area contributed by atoms with E-state index in [1.54, 1.807) is 0 Å². The monoisotopic (exact) mass is 276 g/mol. The van der Waals surface area contributed by atoms with Gasteiger partial charge in [-0.2, -0.15) is 0 Å². The molecule has 20 heavy (non-hydrogen) atoms. The normalized spacial score (nSPS) is 21.6. The lowest BCUT2D eigenvalue weighted by Gasteiger charge is -2.44. The minimum absolute atomic E-state index is 0.166. The maximum atomic E-state index is 10.5. The maximum Gasteiger partial charge on any atom is 0.0942 e. The lowest BCUT2D eigenvalue weighted by Crippen LogP contribution is -2.55. The molecule has 0 spiro atoms. The van der Waals surface area contributed by atoms with E-state index in [2.05, 4.69) is 37.5 Å². The lowest BCUT2D eigenvalue weighted by molar-refractivity contribution is 0.00308. The number of benzene rings is 1. The predicted molar refractivity (Wildman–Crippen MR) is 83.8 cm³/mol. The molecular formula is C17H28N2O. The van der Waals surface area contributed by atoms with Crippen molar-refractivity contribution in [3.63, 3.8) is 0 Å². The zero-order valence-electron chi connectivity index (χ0n) is 13.2. The minimum Gasteiger partial charge on any atom is -0.387 e. The molecule has 0 saturated carbocycles. The first-order valence-corrected chi connectivity index (χ1v) is 7.61. The average molecular weight is 276 g/mol. The fourth-order valence-corrected chi connectivity index (χ4v) is 2.93. The molecule has 2 unspecified atom stereocenters. The highest BCUT2D eigenvalue weighted by atomic mass is 16.3. The second-order valence-electron chi connectivity index (χ2n) is 6.79. The molecule has 0 aliphatic carbocycles. The van der Waals surface area contributed by atoms with Crippen LogP contribution in [0.15, 0.2) is 30.3 Å². The van der Waals surface area contributed by atoms with Gasteiger partial charge in [-0.15, -0.1) is 0 Å². The molecule has 0 amide bonds. The molecule has 0 aromatic heterocycles. The summed E-state index contributed by atoms with van der Waals surface area (Å²) in [6, 6.07) is 10.1. The number of piperazine rings is 1. The second-order valence-corrected chi connectivity index (χ2v) is 6.79. The first-order chi connectivity index (χ1) is 9.39. The zero-order chi connectivity index (χ0) is 14.8. The average Bonchev–Trinajstić information content (AvgIpc) is 2.46. The summed E-state index contributed by atoms with van der Waals surface area (Å²) in [6.45, 7) is 13.2. The van der Waals surface area contributed by atoms with Gasteiger partial charge in [-0.3, -0.25) is 9.80 Å². The van der Waals surface area contributed by atoms with Gasteiger partial charge in [0.15, 0.2) is 0 Å². The Bertz CT molecular complexity index is 405. The summed E-state index contributed by atoms with van der Waals surface area (Å²) >= 11 is 0. The van der Waals surface area contributed by atoms with E-state index in [9.17, 15) is 5.11 Å². The van der Waals surface area contributed by atoms with Crippen LogP contribution in [-0.4, -0.2) is 52.7 Å².